The third kappa shape index (κ3) is 3.52. The molecular weight excluding hydrogens is 536 g/mol. The monoisotopic (exact) mass is 552 g/mol. The van der Waals surface area contributed by atoms with Gasteiger partial charge in [0.25, 0.3) is 0 Å². The zero-order valence-corrected chi connectivity index (χ0v) is 21.5. The summed E-state index contributed by atoms with van der Waals surface area (Å²) in [5.41, 5.74) is 4.63. The van der Waals surface area contributed by atoms with Crippen LogP contribution in [0.2, 0.25) is 0 Å². The predicted molar refractivity (Wildman–Crippen MR) is 150 cm³/mol. The molecule has 0 unspecified atom stereocenters. The number of aromatic nitrogens is 4. The van der Waals surface area contributed by atoms with E-state index >= 15 is 0 Å². The first-order chi connectivity index (χ1) is 20.8. The molecule has 0 radical (unpaired) electrons. The lowest BCUT2D eigenvalue weighted by Gasteiger charge is -2.21. The molecule has 0 fully saturated rings. The second kappa shape index (κ2) is 8.67. The highest BCUT2D eigenvalue weighted by Gasteiger charge is 2.25. The standard InChI is InChI=1S/C32H16N4O6/c1-5-21(37-9-1)29-30(22-6-2-10-38-22)34-18-14-26-25(13-17(18)33-29)41-27-15-19-20(16-28(27)42-26)36-32(24-8-4-12-40-24)31(35-19)23-7-3-11-39-23/h1-16H. The SMILES string of the molecule is c1coc(-c2nc3cc4c(cc3nc2-c2ccco2)Oc2cc3nc(-c5ccco5)c(-c5ccco5)nc3cc2O4)c1. The Kier molecular flexibility index (Phi) is 4.67. The number of benzene rings is 2. The van der Waals surface area contributed by atoms with Gasteiger partial charge in [-0.15, -0.1) is 0 Å². The van der Waals surface area contributed by atoms with Crippen LogP contribution in [0.3, 0.4) is 0 Å². The van der Waals surface area contributed by atoms with Crippen LogP contribution in [-0.2, 0) is 0 Å². The molecule has 0 N–H and O–H groups in total. The summed E-state index contributed by atoms with van der Waals surface area (Å²) in [5.74, 6) is 4.25. The zero-order chi connectivity index (χ0) is 27.6. The Hall–Kier alpha value is -6.16. The van der Waals surface area contributed by atoms with E-state index in [0.717, 1.165) is 0 Å². The quantitative estimate of drug-likeness (QED) is 0.210. The first kappa shape index (κ1) is 22.6. The van der Waals surface area contributed by atoms with E-state index in [1.807, 2.05) is 24.3 Å². The van der Waals surface area contributed by atoms with Crippen molar-refractivity contribution in [1.82, 2.24) is 19.9 Å². The summed E-state index contributed by atoms with van der Waals surface area (Å²) in [6.45, 7) is 0. The first-order valence-electron chi connectivity index (χ1n) is 13.0. The van der Waals surface area contributed by atoms with Crippen LogP contribution in [0.25, 0.3) is 67.9 Å². The number of furan rings is 4. The van der Waals surface area contributed by atoms with Gasteiger partial charge in [0, 0.05) is 24.3 Å². The average molecular weight is 553 g/mol. The molecule has 6 aromatic heterocycles. The van der Waals surface area contributed by atoms with Crippen LogP contribution in [0.5, 0.6) is 23.0 Å². The molecule has 0 amide bonds. The molecule has 0 saturated carbocycles. The van der Waals surface area contributed by atoms with Gasteiger partial charge in [0.15, 0.2) is 46.0 Å². The Balaban J connectivity index is 1.18. The summed E-state index contributed by atoms with van der Waals surface area (Å²) < 4.78 is 35.2. The molecule has 10 nitrogen and oxygen atoms in total. The lowest BCUT2D eigenvalue weighted by atomic mass is 10.1. The van der Waals surface area contributed by atoms with Gasteiger partial charge in [0.1, 0.15) is 22.8 Å². The number of hydrogen-bond acceptors (Lipinski definition) is 10. The molecule has 0 aliphatic carbocycles. The maximum absolute atomic E-state index is 6.32. The van der Waals surface area contributed by atoms with Crippen LogP contribution in [0.15, 0.2) is 116 Å². The van der Waals surface area contributed by atoms with Gasteiger partial charge in [-0.25, -0.2) is 19.9 Å². The lowest BCUT2D eigenvalue weighted by Crippen LogP contribution is -2.02. The van der Waals surface area contributed by atoms with Crippen molar-refractivity contribution in [2.45, 2.75) is 0 Å². The molecule has 0 saturated heterocycles. The summed E-state index contributed by atoms with van der Waals surface area (Å²) >= 11 is 0. The highest BCUT2D eigenvalue weighted by molar-refractivity contribution is 5.89. The van der Waals surface area contributed by atoms with Gasteiger partial charge >= 0.3 is 0 Å². The minimum Gasteiger partial charge on any atom is -0.463 e. The second-order valence-electron chi connectivity index (χ2n) is 9.53. The number of nitrogens with zero attached hydrogens (tertiary/aromatic N) is 4. The van der Waals surface area contributed by atoms with Gasteiger partial charge in [-0.05, 0) is 48.5 Å². The van der Waals surface area contributed by atoms with E-state index in [2.05, 4.69) is 0 Å². The normalized spacial score (nSPS) is 12.2. The number of hydrogen-bond donors (Lipinski definition) is 0. The Bertz CT molecular complexity index is 1920. The number of ether oxygens (including phenoxy) is 2. The zero-order valence-electron chi connectivity index (χ0n) is 21.5. The molecule has 10 heteroatoms. The molecule has 9 rings (SSSR count). The second-order valence-corrected chi connectivity index (χ2v) is 9.53. The van der Waals surface area contributed by atoms with Gasteiger partial charge in [0.05, 0.1) is 47.1 Å². The minimum atomic E-state index is 0.492. The van der Waals surface area contributed by atoms with Crippen LogP contribution in [-0.4, -0.2) is 19.9 Å². The summed E-state index contributed by atoms with van der Waals surface area (Å²) in [4.78, 5) is 19.5. The van der Waals surface area contributed by atoms with E-state index in [9.17, 15) is 0 Å². The fraction of sp³-hybridized carbons (Fsp3) is 0. The Morgan fingerprint density at radius 2 is 0.619 bits per heavy atom. The molecule has 0 spiro atoms. The average Bonchev–Trinajstić information content (AvgIpc) is 3.84. The highest BCUT2D eigenvalue weighted by Crippen LogP contribution is 2.48. The van der Waals surface area contributed by atoms with Crippen LogP contribution >= 0.6 is 0 Å². The van der Waals surface area contributed by atoms with Crippen molar-refractivity contribution < 1.29 is 27.1 Å². The van der Waals surface area contributed by atoms with Crippen LogP contribution in [0, 0.1) is 0 Å². The highest BCUT2D eigenvalue weighted by atomic mass is 16.6. The Morgan fingerprint density at radius 1 is 0.357 bits per heavy atom. The van der Waals surface area contributed by atoms with Gasteiger partial charge in [-0.1, -0.05) is 0 Å². The number of fused-ring (bicyclic) bond motifs is 4. The maximum Gasteiger partial charge on any atom is 0.172 e. The predicted octanol–water partition coefficient (Wildman–Crippen LogP) is 8.51. The summed E-state index contributed by atoms with van der Waals surface area (Å²) in [6, 6.07) is 21.7. The van der Waals surface area contributed by atoms with Crippen molar-refractivity contribution in [3.05, 3.63) is 97.8 Å². The topological polar surface area (TPSA) is 123 Å². The minimum absolute atomic E-state index is 0.492. The molecule has 1 aliphatic rings. The number of rotatable bonds is 4. The van der Waals surface area contributed by atoms with E-state index in [1.165, 1.54) is 0 Å². The Morgan fingerprint density at radius 3 is 0.833 bits per heavy atom. The maximum atomic E-state index is 6.32. The molecule has 0 atom stereocenters. The van der Waals surface area contributed by atoms with Crippen molar-refractivity contribution in [1.29, 1.82) is 0 Å². The largest absolute Gasteiger partial charge is 0.463 e. The van der Waals surface area contributed by atoms with Crippen LogP contribution < -0.4 is 9.47 Å². The van der Waals surface area contributed by atoms with Crippen molar-refractivity contribution in [2.75, 3.05) is 0 Å². The van der Waals surface area contributed by atoms with Crippen molar-refractivity contribution in [3.63, 3.8) is 0 Å². The molecule has 7 heterocycles. The lowest BCUT2D eigenvalue weighted by molar-refractivity contribution is 0.361. The molecule has 0 bridgehead atoms. The fourth-order valence-electron chi connectivity index (χ4n) is 5.03. The first-order valence-corrected chi connectivity index (χ1v) is 13.0. The molecule has 200 valence electrons. The van der Waals surface area contributed by atoms with Crippen LogP contribution in [0.1, 0.15) is 0 Å². The van der Waals surface area contributed by atoms with Crippen molar-refractivity contribution >= 4 is 22.1 Å². The summed E-state index contributed by atoms with van der Waals surface area (Å²) in [5, 5.41) is 0. The van der Waals surface area contributed by atoms with Crippen molar-refractivity contribution in [2.24, 2.45) is 0 Å². The third-order valence-corrected chi connectivity index (χ3v) is 6.92. The third-order valence-electron chi connectivity index (χ3n) is 6.92. The fourth-order valence-corrected chi connectivity index (χ4v) is 5.03. The summed E-state index contributed by atoms with van der Waals surface area (Å²) in [7, 11) is 0. The van der Waals surface area contributed by atoms with E-state index in [1.54, 1.807) is 73.6 Å². The molecule has 42 heavy (non-hydrogen) atoms. The van der Waals surface area contributed by atoms with Gasteiger partial charge in [-0.3, -0.25) is 0 Å². The molecule has 1 aliphatic heterocycles. The van der Waals surface area contributed by atoms with Gasteiger partial charge in [-0.2, -0.15) is 0 Å². The molecular formula is C32H16N4O6. The molecule has 2 aromatic carbocycles. The van der Waals surface area contributed by atoms with E-state index in [-0.39, 0.29) is 0 Å². The molecule has 8 aromatic rings. The van der Waals surface area contributed by atoms with E-state index < -0.39 is 0 Å². The van der Waals surface area contributed by atoms with Crippen LogP contribution in [0.4, 0.5) is 0 Å². The van der Waals surface area contributed by atoms with E-state index in [4.69, 9.17) is 47.1 Å². The smallest absolute Gasteiger partial charge is 0.172 e. The summed E-state index contributed by atoms with van der Waals surface area (Å²) in [6.07, 6.45) is 6.37. The Labute approximate surface area is 235 Å². The van der Waals surface area contributed by atoms with E-state index in [0.29, 0.717) is 90.9 Å². The van der Waals surface area contributed by atoms with Gasteiger partial charge in [0.2, 0.25) is 0 Å². The van der Waals surface area contributed by atoms with Crippen molar-refractivity contribution in [3.8, 4) is 68.8 Å². The van der Waals surface area contributed by atoms with Gasteiger partial charge < -0.3 is 27.1 Å².